The number of rotatable bonds is 5. The number of benzene rings is 2. The molecule has 138 valence electrons. The smallest absolute Gasteiger partial charge is 0.276 e. The number of amides is 1. The van der Waals surface area contributed by atoms with E-state index in [1.807, 2.05) is 6.07 Å². The summed E-state index contributed by atoms with van der Waals surface area (Å²) in [6, 6.07) is 18.6. The summed E-state index contributed by atoms with van der Waals surface area (Å²) >= 11 is 6.07. The summed E-state index contributed by atoms with van der Waals surface area (Å²) in [5.74, 6) is -0.131. The van der Waals surface area contributed by atoms with Crippen molar-refractivity contribution in [3.05, 3.63) is 94.8 Å². The normalized spacial score (nSPS) is 10.6. The molecule has 0 aliphatic rings. The van der Waals surface area contributed by atoms with E-state index in [2.05, 4.69) is 15.5 Å². The van der Waals surface area contributed by atoms with Crippen molar-refractivity contribution in [1.29, 1.82) is 0 Å². The zero-order chi connectivity index (χ0) is 19.5. The van der Waals surface area contributed by atoms with Gasteiger partial charge in [-0.05, 0) is 30.3 Å². The molecule has 2 aromatic heterocycles. The number of hydrogen-bond acceptors (Lipinski definition) is 4. The van der Waals surface area contributed by atoms with Crippen molar-refractivity contribution in [2.24, 2.45) is 0 Å². The first kappa shape index (κ1) is 17.8. The summed E-state index contributed by atoms with van der Waals surface area (Å²) in [6.07, 6.45) is 1.53. The summed E-state index contributed by atoms with van der Waals surface area (Å²) < 4.78 is 5.28. The van der Waals surface area contributed by atoms with Crippen LogP contribution in [0.2, 0.25) is 5.02 Å². The molecule has 0 saturated carbocycles. The van der Waals surface area contributed by atoms with E-state index in [-0.39, 0.29) is 11.5 Å². The number of carbonyl (C=O) groups excluding carboxylic acids is 2. The summed E-state index contributed by atoms with van der Waals surface area (Å²) in [4.78, 5) is 25.5. The predicted octanol–water partition coefficient (Wildman–Crippen LogP) is 4.81. The maximum Gasteiger partial charge on any atom is 0.276 e. The lowest BCUT2D eigenvalue weighted by molar-refractivity contribution is 0.102. The summed E-state index contributed by atoms with van der Waals surface area (Å²) in [6.45, 7) is 0. The highest BCUT2D eigenvalue weighted by Crippen LogP contribution is 2.25. The second-order valence-electron chi connectivity index (χ2n) is 5.98. The summed E-state index contributed by atoms with van der Waals surface area (Å²) in [5, 5.41) is 9.90. The Morgan fingerprint density at radius 2 is 1.82 bits per heavy atom. The lowest BCUT2D eigenvalue weighted by Crippen LogP contribution is -2.15. The number of hydrogen-bond donors (Lipinski definition) is 2. The molecule has 0 unspecified atom stereocenters. The van der Waals surface area contributed by atoms with Crippen molar-refractivity contribution in [3.63, 3.8) is 0 Å². The molecule has 0 fully saturated rings. The van der Waals surface area contributed by atoms with Crippen molar-refractivity contribution in [2.75, 3.05) is 5.32 Å². The van der Waals surface area contributed by atoms with E-state index in [1.165, 1.54) is 12.3 Å². The van der Waals surface area contributed by atoms with Crippen molar-refractivity contribution in [3.8, 4) is 11.5 Å². The Labute approximate surface area is 165 Å². The second kappa shape index (κ2) is 7.54. The minimum Gasteiger partial charge on any atom is -0.463 e. The van der Waals surface area contributed by atoms with E-state index in [0.29, 0.717) is 33.3 Å². The first-order valence-electron chi connectivity index (χ1n) is 8.42. The highest BCUT2D eigenvalue weighted by atomic mass is 35.5. The largest absolute Gasteiger partial charge is 0.463 e. The summed E-state index contributed by atoms with van der Waals surface area (Å²) in [5.41, 5.74) is 1.89. The van der Waals surface area contributed by atoms with Gasteiger partial charge < -0.3 is 9.73 Å². The summed E-state index contributed by atoms with van der Waals surface area (Å²) in [7, 11) is 0. The molecule has 0 saturated heterocycles. The van der Waals surface area contributed by atoms with Crippen LogP contribution in [0.15, 0.2) is 77.4 Å². The number of furan rings is 1. The Morgan fingerprint density at radius 3 is 2.57 bits per heavy atom. The van der Waals surface area contributed by atoms with Gasteiger partial charge in [0.05, 0.1) is 12.0 Å². The molecular formula is C21H14ClN3O3. The fraction of sp³-hybridized carbons (Fsp3) is 0. The molecule has 28 heavy (non-hydrogen) atoms. The van der Waals surface area contributed by atoms with E-state index < -0.39 is 5.91 Å². The van der Waals surface area contributed by atoms with Gasteiger partial charge in [-0.2, -0.15) is 5.10 Å². The zero-order valence-corrected chi connectivity index (χ0v) is 15.2. The van der Waals surface area contributed by atoms with Gasteiger partial charge in [-0.15, -0.1) is 0 Å². The highest BCUT2D eigenvalue weighted by molar-refractivity contribution is 6.31. The molecule has 0 bridgehead atoms. The van der Waals surface area contributed by atoms with Crippen molar-refractivity contribution < 1.29 is 14.0 Å². The maximum absolute atomic E-state index is 12.9. The van der Waals surface area contributed by atoms with Crippen LogP contribution in [0.25, 0.3) is 11.5 Å². The molecule has 4 rings (SSSR count). The molecule has 0 atom stereocenters. The molecule has 0 aliphatic carbocycles. The van der Waals surface area contributed by atoms with Gasteiger partial charge in [0.2, 0.25) is 0 Å². The van der Waals surface area contributed by atoms with Crippen LogP contribution in [0.5, 0.6) is 0 Å². The van der Waals surface area contributed by atoms with Gasteiger partial charge in [-0.1, -0.05) is 41.9 Å². The number of H-pyrrole nitrogens is 1. The predicted molar refractivity (Wildman–Crippen MR) is 106 cm³/mol. The third-order valence-electron chi connectivity index (χ3n) is 4.11. The standard InChI is InChI=1S/C21H14ClN3O3/c22-14-8-9-16(15(11-14)20(26)13-5-2-1-3-6-13)23-21(27)18-12-17(24-25-18)19-7-4-10-28-19/h1-12H,(H,23,27)(H,24,25). The zero-order valence-electron chi connectivity index (χ0n) is 14.5. The van der Waals surface area contributed by atoms with Crippen molar-refractivity contribution in [2.45, 2.75) is 0 Å². The third kappa shape index (κ3) is 3.58. The van der Waals surface area contributed by atoms with Crippen LogP contribution >= 0.6 is 11.6 Å². The SMILES string of the molecule is O=C(Nc1ccc(Cl)cc1C(=O)c1ccccc1)c1cc(-c2ccco2)[nH]n1. The minimum absolute atomic E-state index is 0.166. The average Bonchev–Trinajstić information content (AvgIpc) is 3.41. The molecule has 2 heterocycles. The quantitative estimate of drug-likeness (QED) is 0.478. The molecular weight excluding hydrogens is 378 g/mol. The van der Waals surface area contributed by atoms with Gasteiger partial charge >= 0.3 is 0 Å². The van der Waals surface area contributed by atoms with Crippen LogP contribution in [0.1, 0.15) is 26.4 Å². The number of anilines is 1. The second-order valence-corrected chi connectivity index (χ2v) is 6.42. The molecule has 1 amide bonds. The number of carbonyl (C=O) groups is 2. The molecule has 0 spiro atoms. The van der Waals surface area contributed by atoms with Crippen molar-refractivity contribution >= 4 is 29.0 Å². The average molecular weight is 392 g/mol. The van der Waals surface area contributed by atoms with Gasteiger partial charge in [-0.25, -0.2) is 0 Å². The molecule has 0 radical (unpaired) electrons. The lowest BCUT2D eigenvalue weighted by atomic mass is 10.0. The first-order valence-corrected chi connectivity index (χ1v) is 8.79. The van der Waals surface area contributed by atoms with E-state index >= 15 is 0 Å². The van der Waals surface area contributed by atoms with Crippen molar-refractivity contribution in [1.82, 2.24) is 10.2 Å². The van der Waals surface area contributed by atoms with E-state index in [4.69, 9.17) is 16.0 Å². The van der Waals surface area contributed by atoms with Gasteiger partial charge in [-0.3, -0.25) is 14.7 Å². The molecule has 2 aromatic carbocycles. The fourth-order valence-corrected chi connectivity index (χ4v) is 2.91. The highest BCUT2D eigenvalue weighted by Gasteiger charge is 2.18. The number of aromatic nitrogens is 2. The number of halogens is 1. The van der Waals surface area contributed by atoms with Crippen LogP contribution in [0.3, 0.4) is 0 Å². The Morgan fingerprint density at radius 1 is 1.00 bits per heavy atom. The minimum atomic E-state index is -0.460. The number of ketones is 1. The number of nitrogens with zero attached hydrogens (tertiary/aromatic N) is 1. The Kier molecular flexibility index (Phi) is 4.78. The Bertz CT molecular complexity index is 1130. The van der Waals surface area contributed by atoms with Gasteiger partial charge in [0.1, 0.15) is 5.69 Å². The van der Waals surface area contributed by atoms with Gasteiger partial charge in [0, 0.05) is 22.2 Å². The van der Waals surface area contributed by atoms with Crippen LogP contribution in [0.4, 0.5) is 5.69 Å². The monoisotopic (exact) mass is 391 g/mol. The Balaban J connectivity index is 1.61. The fourth-order valence-electron chi connectivity index (χ4n) is 2.74. The lowest BCUT2D eigenvalue weighted by Gasteiger charge is -2.10. The first-order chi connectivity index (χ1) is 13.6. The van der Waals surface area contributed by atoms with Gasteiger partial charge in [0.25, 0.3) is 5.91 Å². The molecule has 2 N–H and O–H groups in total. The molecule has 7 heteroatoms. The Hall–Kier alpha value is -3.64. The topological polar surface area (TPSA) is 88.0 Å². The maximum atomic E-state index is 12.9. The number of aromatic amines is 1. The number of nitrogens with one attached hydrogen (secondary N) is 2. The third-order valence-corrected chi connectivity index (χ3v) is 4.34. The van der Waals surface area contributed by atoms with Crippen LogP contribution in [-0.4, -0.2) is 21.9 Å². The molecule has 4 aromatic rings. The van der Waals surface area contributed by atoms with E-state index in [9.17, 15) is 9.59 Å². The van der Waals surface area contributed by atoms with Crippen LogP contribution < -0.4 is 5.32 Å². The van der Waals surface area contributed by atoms with E-state index in [1.54, 1.807) is 54.6 Å². The van der Waals surface area contributed by atoms with Gasteiger partial charge in [0.15, 0.2) is 17.2 Å². The van der Waals surface area contributed by atoms with Crippen LogP contribution in [0, 0.1) is 0 Å². The van der Waals surface area contributed by atoms with E-state index in [0.717, 1.165) is 0 Å². The molecule has 0 aliphatic heterocycles. The molecule has 6 nitrogen and oxygen atoms in total. The van der Waals surface area contributed by atoms with Crippen LogP contribution in [-0.2, 0) is 0 Å².